The van der Waals surface area contributed by atoms with E-state index in [1.54, 1.807) is 11.3 Å². The summed E-state index contributed by atoms with van der Waals surface area (Å²) in [6.07, 6.45) is 2.25. The molecule has 2 nitrogen and oxygen atoms in total. The van der Waals surface area contributed by atoms with Gasteiger partial charge in [0.25, 0.3) is 0 Å². The van der Waals surface area contributed by atoms with E-state index in [2.05, 4.69) is 50.3 Å². The molecule has 1 N–H and O–H groups in total. The van der Waals surface area contributed by atoms with E-state index in [-0.39, 0.29) is 0 Å². The zero-order valence-electron chi connectivity index (χ0n) is 11.8. The molecule has 2 unspecified atom stereocenters. The first-order valence-corrected chi connectivity index (χ1v) is 7.57. The molecule has 2 atom stereocenters. The summed E-state index contributed by atoms with van der Waals surface area (Å²) in [4.78, 5) is 4.58. The summed E-state index contributed by atoms with van der Waals surface area (Å²) >= 11 is 1.75. The van der Waals surface area contributed by atoms with Gasteiger partial charge < -0.3 is 5.32 Å². The van der Waals surface area contributed by atoms with Gasteiger partial charge in [0.2, 0.25) is 0 Å². The molecule has 0 aromatic carbocycles. The van der Waals surface area contributed by atoms with E-state index in [1.807, 2.05) is 0 Å². The molecule has 1 heterocycles. The van der Waals surface area contributed by atoms with Crippen molar-refractivity contribution in [3.8, 4) is 0 Å². The van der Waals surface area contributed by atoms with Crippen molar-refractivity contribution in [2.24, 2.45) is 11.8 Å². The largest absolute Gasteiger partial charge is 0.313 e. The van der Waals surface area contributed by atoms with Crippen LogP contribution in [-0.4, -0.2) is 17.6 Å². The maximum atomic E-state index is 4.58. The van der Waals surface area contributed by atoms with E-state index in [1.165, 1.54) is 17.1 Å². The summed E-state index contributed by atoms with van der Waals surface area (Å²) in [6.45, 7) is 12.4. The van der Waals surface area contributed by atoms with Crippen molar-refractivity contribution in [3.05, 3.63) is 16.1 Å². The molecular formula is C14H26N2S. The zero-order valence-corrected chi connectivity index (χ0v) is 12.6. The van der Waals surface area contributed by atoms with Gasteiger partial charge in [0, 0.05) is 17.8 Å². The minimum Gasteiger partial charge on any atom is -0.313 e. The first kappa shape index (κ1) is 14.7. The van der Waals surface area contributed by atoms with Gasteiger partial charge in [0.05, 0.1) is 10.7 Å². The highest BCUT2D eigenvalue weighted by molar-refractivity contribution is 7.09. The molecule has 0 amide bonds. The third kappa shape index (κ3) is 4.76. The number of nitrogens with one attached hydrogen (secondary N) is 1. The van der Waals surface area contributed by atoms with Crippen LogP contribution >= 0.6 is 11.3 Å². The Bertz CT molecular complexity index is 320. The summed E-state index contributed by atoms with van der Waals surface area (Å²) < 4.78 is 0. The third-order valence-corrected chi connectivity index (χ3v) is 4.26. The molecule has 1 aromatic rings. The smallest absolute Gasteiger partial charge is 0.0897 e. The van der Waals surface area contributed by atoms with E-state index in [4.69, 9.17) is 0 Å². The molecule has 0 saturated heterocycles. The number of thiazole rings is 1. The van der Waals surface area contributed by atoms with Gasteiger partial charge in [0.15, 0.2) is 0 Å². The summed E-state index contributed by atoms with van der Waals surface area (Å²) in [6, 6.07) is 0.552. The van der Waals surface area contributed by atoms with Crippen molar-refractivity contribution in [1.29, 1.82) is 0 Å². The fraction of sp³-hybridized carbons (Fsp3) is 0.786. The van der Waals surface area contributed by atoms with Crippen LogP contribution in [0.15, 0.2) is 5.38 Å². The SMILES string of the molecule is CCCNC(Cc1csc(C)n1)C(C)C(C)C. The summed E-state index contributed by atoms with van der Waals surface area (Å²) in [7, 11) is 0. The Hall–Kier alpha value is -0.410. The van der Waals surface area contributed by atoms with Crippen LogP contribution in [-0.2, 0) is 6.42 Å². The number of hydrogen-bond acceptors (Lipinski definition) is 3. The quantitative estimate of drug-likeness (QED) is 0.803. The van der Waals surface area contributed by atoms with Gasteiger partial charge in [-0.3, -0.25) is 0 Å². The Labute approximate surface area is 110 Å². The molecule has 0 fully saturated rings. The normalized spacial score (nSPS) is 15.2. The Morgan fingerprint density at radius 3 is 2.53 bits per heavy atom. The van der Waals surface area contributed by atoms with Gasteiger partial charge >= 0.3 is 0 Å². The lowest BCUT2D eigenvalue weighted by Crippen LogP contribution is -2.39. The topological polar surface area (TPSA) is 24.9 Å². The van der Waals surface area contributed by atoms with E-state index in [9.17, 15) is 0 Å². The third-order valence-electron chi connectivity index (χ3n) is 3.44. The van der Waals surface area contributed by atoms with Gasteiger partial charge in [-0.1, -0.05) is 27.7 Å². The van der Waals surface area contributed by atoms with Crippen LogP contribution in [0, 0.1) is 18.8 Å². The molecule has 1 rings (SSSR count). The highest BCUT2D eigenvalue weighted by Crippen LogP contribution is 2.19. The van der Waals surface area contributed by atoms with E-state index >= 15 is 0 Å². The van der Waals surface area contributed by atoms with Crippen LogP contribution in [0.4, 0.5) is 0 Å². The maximum absolute atomic E-state index is 4.58. The van der Waals surface area contributed by atoms with Crippen molar-refractivity contribution in [1.82, 2.24) is 10.3 Å². The first-order valence-electron chi connectivity index (χ1n) is 6.69. The molecule has 0 bridgehead atoms. The Balaban J connectivity index is 2.62. The highest BCUT2D eigenvalue weighted by atomic mass is 32.1. The molecule has 3 heteroatoms. The molecule has 0 spiro atoms. The van der Waals surface area contributed by atoms with Crippen LogP contribution < -0.4 is 5.32 Å². The second kappa shape index (κ2) is 7.12. The van der Waals surface area contributed by atoms with Crippen LogP contribution in [0.3, 0.4) is 0 Å². The fourth-order valence-corrected chi connectivity index (χ4v) is 2.59. The van der Waals surface area contributed by atoms with Crippen LogP contribution in [0.5, 0.6) is 0 Å². The predicted octanol–water partition coefficient (Wildman–Crippen LogP) is 3.65. The molecule has 17 heavy (non-hydrogen) atoms. The maximum Gasteiger partial charge on any atom is 0.0897 e. The number of rotatable bonds is 7. The second-order valence-electron chi connectivity index (χ2n) is 5.23. The lowest BCUT2D eigenvalue weighted by molar-refractivity contribution is 0.296. The summed E-state index contributed by atoms with van der Waals surface area (Å²) in [5.41, 5.74) is 1.24. The highest BCUT2D eigenvalue weighted by Gasteiger charge is 2.20. The summed E-state index contributed by atoms with van der Waals surface area (Å²) in [5.74, 6) is 1.40. The van der Waals surface area contributed by atoms with Gasteiger partial charge in [-0.05, 0) is 31.7 Å². The molecule has 0 saturated carbocycles. The van der Waals surface area contributed by atoms with Crippen LogP contribution in [0.25, 0.3) is 0 Å². The van der Waals surface area contributed by atoms with Crippen molar-refractivity contribution in [3.63, 3.8) is 0 Å². The Morgan fingerprint density at radius 2 is 2.06 bits per heavy atom. The monoisotopic (exact) mass is 254 g/mol. The number of nitrogens with zero attached hydrogens (tertiary/aromatic N) is 1. The van der Waals surface area contributed by atoms with Gasteiger partial charge in [-0.15, -0.1) is 11.3 Å². The van der Waals surface area contributed by atoms with Gasteiger partial charge in [0.1, 0.15) is 0 Å². The van der Waals surface area contributed by atoms with E-state index in [0.29, 0.717) is 17.9 Å². The molecule has 0 aliphatic heterocycles. The van der Waals surface area contributed by atoms with Crippen LogP contribution in [0.2, 0.25) is 0 Å². The molecule has 0 aliphatic rings. The lowest BCUT2D eigenvalue weighted by atomic mass is 9.88. The molecule has 1 aromatic heterocycles. The average Bonchev–Trinajstić information content (AvgIpc) is 2.69. The molecule has 98 valence electrons. The molecule has 0 radical (unpaired) electrons. The van der Waals surface area contributed by atoms with Gasteiger partial charge in [-0.25, -0.2) is 4.98 Å². The van der Waals surface area contributed by atoms with Crippen molar-refractivity contribution >= 4 is 11.3 Å². The van der Waals surface area contributed by atoms with Gasteiger partial charge in [-0.2, -0.15) is 0 Å². The fourth-order valence-electron chi connectivity index (χ4n) is 1.97. The van der Waals surface area contributed by atoms with Crippen molar-refractivity contribution < 1.29 is 0 Å². The number of hydrogen-bond donors (Lipinski definition) is 1. The number of aryl methyl sites for hydroxylation is 1. The molecular weight excluding hydrogens is 228 g/mol. The minimum absolute atomic E-state index is 0.552. The van der Waals surface area contributed by atoms with E-state index in [0.717, 1.165) is 13.0 Å². The zero-order chi connectivity index (χ0) is 12.8. The van der Waals surface area contributed by atoms with Crippen LogP contribution in [0.1, 0.15) is 44.8 Å². The predicted molar refractivity (Wildman–Crippen MR) is 76.6 cm³/mol. The molecule has 0 aliphatic carbocycles. The van der Waals surface area contributed by atoms with Crippen molar-refractivity contribution in [2.75, 3.05) is 6.54 Å². The number of aromatic nitrogens is 1. The standard InChI is InChI=1S/C14H26N2S/c1-6-7-15-14(11(4)10(2)3)8-13-9-17-12(5)16-13/h9-11,14-15H,6-8H2,1-5H3. The average molecular weight is 254 g/mol. The Morgan fingerprint density at radius 1 is 1.35 bits per heavy atom. The minimum atomic E-state index is 0.552. The lowest BCUT2D eigenvalue weighted by Gasteiger charge is -2.27. The first-order chi connectivity index (χ1) is 8.04. The second-order valence-corrected chi connectivity index (χ2v) is 6.29. The van der Waals surface area contributed by atoms with Crippen molar-refractivity contribution in [2.45, 2.75) is 53.5 Å². The summed E-state index contributed by atoms with van der Waals surface area (Å²) in [5, 5.41) is 7.04. The van der Waals surface area contributed by atoms with E-state index < -0.39 is 0 Å². The Kier molecular flexibility index (Phi) is 6.14.